The zero-order valence-corrected chi connectivity index (χ0v) is 13.6. The summed E-state index contributed by atoms with van der Waals surface area (Å²) in [4.78, 5) is 39.2. The van der Waals surface area contributed by atoms with Crippen LogP contribution in [0.4, 0.5) is 16.2 Å². The Hall–Kier alpha value is -3.18. The lowest BCUT2D eigenvalue weighted by Gasteiger charge is -2.16. The Morgan fingerprint density at radius 3 is 2.08 bits per heavy atom. The van der Waals surface area contributed by atoms with Crippen LogP contribution in [0.15, 0.2) is 66.7 Å². The Labute approximate surface area is 148 Å². The molecule has 6 heteroatoms. The number of anilines is 2. The highest BCUT2D eigenvalue weighted by Crippen LogP contribution is 2.32. The van der Waals surface area contributed by atoms with Crippen molar-refractivity contribution >= 4 is 51.6 Å². The van der Waals surface area contributed by atoms with Gasteiger partial charge in [-0.05, 0) is 35.0 Å². The van der Waals surface area contributed by atoms with Crippen molar-refractivity contribution in [3.8, 4) is 0 Å². The number of benzene rings is 3. The smallest absolute Gasteiger partial charge is 0.262 e. The number of rotatable bonds is 2. The number of amides is 4. The van der Waals surface area contributed by atoms with E-state index in [0.29, 0.717) is 5.69 Å². The van der Waals surface area contributed by atoms with Gasteiger partial charge in [0, 0.05) is 0 Å². The first-order chi connectivity index (χ1) is 12.1. The van der Waals surface area contributed by atoms with E-state index < -0.39 is 17.8 Å². The Morgan fingerprint density at radius 2 is 1.32 bits per heavy atom. The van der Waals surface area contributed by atoms with Gasteiger partial charge in [0.05, 0.1) is 16.4 Å². The number of urea groups is 1. The summed E-state index contributed by atoms with van der Waals surface area (Å²) < 4.78 is 0. The Kier molecular flexibility index (Phi) is 3.51. The topological polar surface area (TPSA) is 57.7 Å². The van der Waals surface area contributed by atoms with Gasteiger partial charge in [0.1, 0.15) is 0 Å². The van der Waals surface area contributed by atoms with Crippen LogP contribution in [0.1, 0.15) is 0 Å². The summed E-state index contributed by atoms with van der Waals surface area (Å²) in [6, 6.07) is 18.4. The molecule has 0 radical (unpaired) electrons. The number of nitrogens with zero attached hydrogens (tertiary/aromatic N) is 2. The first-order valence-electron chi connectivity index (χ1n) is 7.54. The fraction of sp³-hybridized carbons (Fsp3) is 0. The lowest BCUT2D eigenvalue weighted by atomic mass is 10.1. The first-order valence-corrected chi connectivity index (χ1v) is 7.91. The largest absolute Gasteiger partial charge is 0.343 e. The van der Waals surface area contributed by atoms with Gasteiger partial charge >= 0.3 is 17.8 Å². The van der Waals surface area contributed by atoms with E-state index in [1.165, 1.54) is 6.07 Å². The molecule has 4 amide bonds. The van der Waals surface area contributed by atoms with Gasteiger partial charge in [0.25, 0.3) is 0 Å². The molecule has 25 heavy (non-hydrogen) atoms. The quantitative estimate of drug-likeness (QED) is 0.518. The van der Waals surface area contributed by atoms with E-state index in [-0.39, 0.29) is 10.7 Å². The molecule has 0 bridgehead atoms. The zero-order valence-electron chi connectivity index (χ0n) is 12.8. The van der Waals surface area contributed by atoms with Crippen molar-refractivity contribution in [1.29, 1.82) is 0 Å². The predicted molar refractivity (Wildman–Crippen MR) is 95.8 cm³/mol. The minimum absolute atomic E-state index is 0.191. The fourth-order valence-corrected chi connectivity index (χ4v) is 3.07. The number of halogens is 1. The zero-order chi connectivity index (χ0) is 17.6. The fourth-order valence-electron chi connectivity index (χ4n) is 2.85. The van der Waals surface area contributed by atoms with Crippen LogP contribution in [-0.4, -0.2) is 17.8 Å². The van der Waals surface area contributed by atoms with Crippen LogP contribution in [0.2, 0.25) is 5.02 Å². The molecule has 0 unspecified atom stereocenters. The molecule has 0 spiro atoms. The molecule has 0 atom stereocenters. The summed E-state index contributed by atoms with van der Waals surface area (Å²) in [7, 11) is 0. The molecular weight excluding hydrogens is 340 g/mol. The standard InChI is InChI=1S/C19H11ClN2O3/c20-15-7-3-4-8-16(15)22-18(24)17(23)21(19(22)25)14-10-9-12-5-1-2-6-13(12)11-14/h1-11H. The maximum atomic E-state index is 12.8. The summed E-state index contributed by atoms with van der Waals surface area (Å²) in [5.74, 6) is -1.83. The van der Waals surface area contributed by atoms with Crippen LogP contribution in [0.25, 0.3) is 10.8 Å². The number of imide groups is 2. The van der Waals surface area contributed by atoms with E-state index in [4.69, 9.17) is 11.6 Å². The highest BCUT2D eigenvalue weighted by molar-refractivity contribution is 6.60. The molecule has 3 aromatic carbocycles. The molecule has 1 saturated heterocycles. The van der Waals surface area contributed by atoms with Gasteiger partial charge in [0.2, 0.25) is 0 Å². The van der Waals surface area contributed by atoms with Gasteiger partial charge in [-0.25, -0.2) is 14.6 Å². The van der Waals surface area contributed by atoms with Crippen molar-refractivity contribution in [3.63, 3.8) is 0 Å². The number of hydrogen-bond donors (Lipinski definition) is 0. The minimum Gasteiger partial charge on any atom is -0.262 e. The molecule has 1 aliphatic rings. The number of para-hydroxylation sites is 1. The molecule has 122 valence electrons. The van der Waals surface area contributed by atoms with Gasteiger partial charge in [-0.2, -0.15) is 0 Å². The molecule has 0 saturated carbocycles. The van der Waals surface area contributed by atoms with E-state index in [2.05, 4.69) is 0 Å². The van der Waals surface area contributed by atoms with Crippen molar-refractivity contribution in [1.82, 2.24) is 0 Å². The monoisotopic (exact) mass is 350 g/mol. The summed E-state index contributed by atoms with van der Waals surface area (Å²) in [6.45, 7) is 0. The van der Waals surface area contributed by atoms with Gasteiger partial charge in [0.15, 0.2) is 0 Å². The van der Waals surface area contributed by atoms with E-state index >= 15 is 0 Å². The molecule has 1 heterocycles. The third-order valence-electron chi connectivity index (χ3n) is 4.06. The Morgan fingerprint density at radius 1 is 0.680 bits per heavy atom. The molecule has 1 aliphatic heterocycles. The van der Waals surface area contributed by atoms with Gasteiger partial charge in [-0.15, -0.1) is 0 Å². The van der Waals surface area contributed by atoms with Crippen LogP contribution in [0, 0.1) is 0 Å². The summed E-state index contributed by atoms with van der Waals surface area (Å²) >= 11 is 6.08. The summed E-state index contributed by atoms with van der Waals surface area (Å²) in [5.41, 5.74) is 0.535. The van der Waals surface area contributed by atoms with Gasteiger partial charge < -0.3 is 0 Å². The third-order valence-corrected chi connectivity index (χ3v) is 4.38. The highest BCUT2D eigenvalue weighted by Gasteiger charge is 2.46. The maximum absolute atomic E-state index is 12.8. The number of carbonyl (C=O) groups excluding carboxylic acids is 3. The van der Waals surface area contributed by atoms with E-state index in [1.807, 2.05) is 24.3 Å². The van der Waals surface area contributed by atoms with Crippen molar-refractivity contribution in [2.75, 3.05) is 9.80 Å². The molecule has 5 nitrogen and oxygen atoms in total. The SMILES string of the molecule is O=C1C(=O)N(c2ccccc2Cl)C(=O)N1c1ccc2ccccc2c1. The third kappa shape index (κ3) is 2.37. The molecule has 0 aliphatic carbocycles. The second-order valence-electron chi connectivity index (χ2n) is 5.55. The van der Waals surface area contributed by atoms with Crippen LogP contribution in [0.3, 0.4) is 0 Å². The number of carbonyl (C=O) groups is 3. The molecular formula is C19H11ClN2O3. The van der Waals surface area contributed by atoms with Gasteiger partial charge in [-0.3, -0.25) is 9.59 Å². The van der Waals surface area contributed by atoms with Crippen molar-refractivity contribution in [2.24, 2.45) is 0 Å². The van der Waals surface area contributed by atoms with E-state index in [9.17, 15) is 14.4 Å². The predicted octanol–water partition coefficient (Wildman–Crippen LogP) is 3.99. The average Bonchev–Trinajstić information content (AvgIpc) is 2.84. The average molecular weight is 351 g/mol. The van der Waals surface area contributed by atoms with E-state index in [0.717, 1.165) is 20.6 Å². The summed E-state index contributed by atoms with van der Waals surface area (Å²) in [6.07, 6.45) is 0. The second kappa shape index (κ2) is 5.72. The second-order valence-corrected chi connectivity index (χ2v) is 5.95. The van der Waals surface area contributed by atoms with Crippen LogP contribution < -0.4 is 9.80 Å². The molecule has 0 N–H and O–H groups in total. The van der Waals surface area contributed by atoms with E-state index in [1.54, 1.807) is 36.4 Å². The van der Waals surface area contributed by atoms with Crippen molar-refractivity contribution < 1.29 is 14.4 Å². The highest BCUT2D eigenvalue weighted by atomic mass is 35.5. The number of hydrogen-bond acceptors (Lipinski definition) is 3. The van der Waals surface area contributed by atoms with Gasteiger partial charge in [-0.1, -0.05) is 54.1 Å². The van der Waals surface area contributed by atoms with Crippen molar-refractivity contribution in [3.05, 3.63) is 71.8 Å². The van der Waals surface area contributed by atoms with Crippen LogP contribution >= 0.6 is 11.6 Å². The molecule has 1 fully saturated rings. The van der Waals surface area contributed by atoms with Crippen LogP contribution in [0.5, 0.6) is 0 Å². The Balaban J connectivity index is 1.80. The first kappa shape index (κ1) is 15.4. The Bertz CT molecular complexity index is 1050. The minimum atomic E-state index is -0.925. The lowest BCUT2D eigenvalue weighted by molar-refractivity contribution is -0.133. The molecule has 4 rings (SSSR count). The summed E-state index contributed by atoms with van der Waals surface area (Å²) in [5, 5.41) is 2.06. The molecule has 0 aromatic heterocycles. The molecule has 3 aromatic rings. The van der Waals surface area contributed by atoms with Crippen molar-refractivity contribution in [2.45, 2.75) is 0 Å². The maximum Gasteiger partial charge on any atom is 0.343 e. The normalized spacial score (nSPS) is 14.7. The lowest BCUT2D eigenvalue weighted by Crippen LogP contribution is -2.33. The number of fused-ring (bicyclic) bond motifs is 1. The van der Waals surface area contributed by atoms with Crippen LogP contribution in [-0.2, 0) is 9.59 Å².